The monoisotopic (exact) mass is 524 g/mol. The molecule has 0 aliphatic carbocycles. The van der Waals surface area contributed by atoms with Gasteiger partial charge in [0.25, 0.3) is 0 Å². The molecule has 1 unspecified atom stereocenters. The number of rotatable bonds is 2. The summed E-state index contributed by atoms with van der Waals surface area (Å²) in [6.07, 6.45) is 0.480. The number of hydrogen-bond acceptors (Lipinski definition) is 3. The van der Waals surface area contributed by atoms with Gasteiger partial charge in [-0.05, 0) is 23.8 Å². The van der Waals surface area contributed by atoms with Gasteiger partial charge in [0.05, 0.1) is 0 Å². The quantitative estimate of drug-likeness (QED) is 0.476. The van der Waals surface area contributed by atoms with Crippen LogP contribution in [-0.2, 0) is 15.0 Å². The number of nitrogens with one attached hydrogen (secondary N) is 1. The van der Waals surface area contributed by atoms with E-state index in [9.17, 15) is 14.4 Å². The van der Waals surface area contributed by atoms with Gasteiger partial charge in [-0.2, -0.15) is 0 Å². The van der Waals surface area contributed by atoms with E-state index < -0.39 is 17.9 Å². The fourth-order valence-corrected chi connectivity index (χ4v) is 2.05. The number of nitrogens with zero attached hydrogens (tertiary/aromatic N) is 1. The third kappa shape index (κ3) is 4.69. The first-order chi connectivity index (χ1) is 9.77. The van der Waals surface area contributed by atoms with Crippen molar-refractivity contribution in [1.82, 2.24) is 5.32 Å². The fraction of sp³-hybridized carbons (Fsp3) is 0.438. The van der Waals surface area contributed by atoms with E-state index in [-0.39, 0.29) is 55.3 Å². The average Bonchev–Trinajstić information content (AvgIpc) is 2.41. The first-order valence-corrected chi connectivity index (χ1v) is 6.89. The van der Waals surface area contributed by atoms with Gasteiger partial charge in [0.15, 0.2) is 0 Å². The van der Waals surface area contributed by atoms with Crippen LogP contribution in [0, 0.1) is 37.2 Å². The summed E-state index contributed by atoms with van der Waals surface area (Å²) < 4.78 is 0. The smallest absolute Gasteiger partial charge is 0.684 e. The van der Waals surface area contributed by atoms with Crippen LogP contribution < -0.4 is 5.32 Å². The largest absolute Gasteiger partial charge is 2.00 e. The van der Waals surface area contributed by atoms with Crippen molar-refractivity contribution in [1.29, 1.82) is 0 Å². The number of amides is 3. The Morgan fingerprint density at radius 3 is 2.59 bits per heavy atom. The molecule has 1 aliphatic heterocycles. The molecule has 22 heavy (non-hydrogen) atoms. The molecule has 0 saturated carbocycles. The SMILES string of the molecule is CC(C)(C)c1[c-]c(C(=O)[N-]C2CCC(=O)NC2=O)ccc1.[U+2]. The molecule has 1 heterocycles. The van der Waals surface area contributed by atoms with Gasteiger partial charge in [-0.3, -0.25) is 14.9 Å². The third-order valence-corrected chi connectivity index (χ3v) is 3.32. The summed E-state index contributed by atoms with van der Waals surface area (Å²) in [6.45, 7) is 6.10. The van der Waals surface area contributed by atoms with E-state index in [0.29, 0.717) is 5.56 Å². The van der Waals surface area contributed by atoms with Crippen molar-refractivity contribution in [2.75, 3.05) is 0 Å². The molecule has 1 aliphatic rings. The molecule has 1 saturated heterocycles. The number of hydrogen-bond donors (Lipinski definition) is 1. The van der Waals surface area contributed by atoms with E-state index in [1.165, 1.54) is 0 Å². The molecular weight excluding hydrogens is 506 g/mol. The molecule has 1 aromatic rings. The van der Waals surface area contributed by atoms with Crippen molar-refractivity contribution < 1.29 is 45.5 Å². The van der Waals surface area contributed by atoms with Gasteiger partial charge in [0, 0.05) is 6.42 Å². The van der Waals surface area contributed by atoms with Crippen LogP contribution in [0.3, 0.4) is 0 Å². The zero-order valence-electron chi connectivity index (χ0n) is 12.9. The van der Waals surface area contributed by atoms with Crippen molar-refractivity contribution in [3.05, 3.63) is 40.7 Å². The van der Waals surface area contributed by atoms with Crippen LogP contribution in [0.25, 0.3) is 5.32 Å². The van der Waals surface area contributed by atoms with Gasteiger partial charge in [-0.25, -0.2) is 0 Å². The Hall–Kier alpha value is -1.12. The van der Waals surface area contributed by atoms with Crippen LogP contribution in [0.15, 0.2) is 18.2 Å². The van der Waals surface area contributed by atoms with E-state index in [0.717, 1.165) is 5.56 Å². The van der Waals surface area contributed by atoms with Crippen LogP contribution in [-0.4, -0.2) is 23.8 Å². The molecule has 1 N–H and O–H groups in total. The maximum Gasteiger partial charge on any atom is 2.00 e. The van der Waals surface area contributed by atoms with Gasteiger partial charge in [-0.15, -0.1) is 35.4 Å². The molecule has 1 atom stereocenters. The normalized spacial score (nSPS) is 18.2. The maximum absolute atomic E-state index is 12.2. The zero-order chi connectivity index (χ0) is 15.6. The minimum absolute atomic E-state index is 0. The van der Waals surface area contributed by atoms with Gasteiger partial charge in [0.1, 0.15) is 0 Å². The molecule has 3 amide bonds. The Balaban J connectivity index is 0.00000242. The Morgan fingerprint density at radius 1 is 1.32 bits per heavy atom. The van der Waals surface area contributed by atoms with Crippen molar-refractivity contribution >= 4 is 17.7 Å². The Kier molecular flexibility index (Phi) is 6.40. The van der Waals surface area contributed by atoms with Gasteiger partial charge in [-0.1, -0.05) is 20.8 Å². The van der Waals surface area contributed by atoms with Gasteiger partial charge >= 0.3 is 31.1 Å². The minimum atomic E-state index is -0.790. The molecule has 1 aromatic carbocycles. The molecule has 1 fully saturated rings. The summed E-state index contributed by atoms with van der Waals surface area (Å²) in [5.74, 6) is -1.30. The molecule has 114 valence electrons. The number of carbonyl (C=O) groups excluding carboxylic acids is 3. The van der Waals surface area contributed by atoms with Gasteiger partial charge in [0.2, 0.25) is 11.8 Å². The molecular formula is C16H18N2O3U. The van der Waals surface area contributed by atoms with Crippen molar-refractivity contribution in [3.8, 4) is 0 Å². The summed E-state index contributed by atoms with van der Waals surface area (Å²) in [6, 6.07) is 7.58. The van der Waals surface area contributed by atoms with Crippen molar-refractivity contribution in [2.24, 2.45) is 0 Å². The van der Waals surface area contributed by atoms with Gasteiger partial charge < -0.3 is 10.1 Å². The van der Waals surface area contributed by atoms with Crippen LogP contribution >= 0.6 is 0 Å². The van der Waals surface area contributed by atoms with Crippen LogP contribution in [0.4, 0.5) is 0 Å². The molecule has 0 bridgehead atoms. The topological polar surface area (TPSA) is 77.3 Å². The number of benzene rings is 1. The Labute approximate surface area is 154 Å². The molecule has 6 heteroatoms. The Morgan fingerprint density at radius 2 is 2.00 bits per heavy atom. The first-order valence-electron chi connectivity index (χ1n) is 6.89. The fourth-order valence-electron chi connectivity index (χ4n) is 2.05. The number of imide groups is 1. The second-order valence-corrected chi connectivity index (χ2v) is 6.13. The number of piperidine rings is 1. The molecule has 5 nitrogen and oxygen atoms in total. The predicted molar refractivity (Wildman–Crippen MR) is 77.8 cm³/mol. The maximum atomic E-state index is 12.2. The molecule has 0 radical (unpaired) electrons. The van der Waals surface area contributed by atoms with Crippen molar-refractivity contribution in [2.45, 2.75) is 45.1 Å². The van der Waals surface area contributed by atoms with Crippen LogP contribution in [0.2, 0.25) is 0 Å². The predicted octanol–water partition coefficient (Wildman–Crippen LogP) is 2.10. The van der Waals surface area contributed by atoms with Crippen molar-refractivity contribution in [3.63, 3.8) is 0 Å². The number of carbonyl (C=O) groups is 3. The van der Waals surface area contributed by atoms with E-state index >= 15 is 0 Å². The third-order valence-electron chi connectivity index (χ3n) is 3.32. The summed E-state index contributed by atoms with van der Waals surface area (Å²) in [4.78, 5) is 34.8. The summed E-state index contributed by atoms with van der Waals surface area (Å²) in [7, 11) is 0. The molecule has 0 aromatic heterocycles. The van der Waals surface area contributed by atoms with Crippen LogP contribution in [0.5, 0.6) is 0 Å². The van der Waals surface area contributed by atoms with E-state index in [2.05, 4.69) is 16.7 Å². The zero-order valence-corrected chi connectivity index (χ0v) is 17.1. The second kappa shape index (κ2) is 7.43. The molecule has 2 rings (SSSR count). The molecule has 0 spiro atoms. The van der Waals surface area contributed by atoms with E-state index in [4.69, 9.17) is 0 Å². The first kappa shape index (κ1) is 18.9. The minimum Gasteiger partial charge on any atom is -0.684 e. The second-order valence-electron chi connectivity index (χ2n) is 6.13. The summed E-state index contributed by atoms with van der Waals surface area (Å²) in [5, 5.41) is 6.10. The van der Waals surface area contributed by atoms with E-state index in [1.54, 1.807) is 12.1 Å². The van der Waals surface area contributed by atoms with Crippen LogP contribution in [0.1, 0.15) is 49.5 Å². The standard InChI is InChI=1S/C16H19N2O3.U/c1-16(2,3)11-6-4-5-10(9-11)14(20)17-12-7-8-13(19)18-15(12)21;/h4-6,12H,7-8H2,1-3H3,(H2,17,18,19,20,21);/q-1;+2/p-1. The average molecular weight is 524 g/mol. The summed E-state index contributed by atoms with van der Waals surface area (Å²) in [5.41, 5.74) is 1.13. The van der Waals surface area contributed by atoms with E-state index in [1.807, 2.05) is 26.8 Å². The summed E-state index contributed by atoms with van der Waals surface area (Å²) >= 11 is 0. The Bertz CT molecular complexity index is 593.